The summed E-state index contributed by atoms with van der Waals surface area (Å²) in [7, 11) is 1.57. The summed E-state index contributed by atoms with van der Waals surface area (Å²) < 4.78 is 30.5. The maximum atomic E-state index is 14.7. The summed E-state index contributed by atoms with van der Waals surface area (Å²) in [5.41, 5.74) is -0.0551. The number of hydrogen-bond acceptors (Lipinski definition) is 9. The van der Waals surface area contributed by atoms with Gasteiger partial charge >= 0.3 is 6.09 Å². The number of hydrogen-bond donors (Lipinski definition) is 3. The molecule has 1 amide bonds. The highest BCUT2D eigenvalue weighted by Crippen LogP contribution is 2.25. The van der Waals surface area contributed by atoms with Gasteiger partial charge in [0.15, 0.2) is 17.5 Å². The summed E-state index contributed by atoms with van der Waals surface area (Å²) in [5, 5.41) is 18.3. The average molecular weight is 489 g/mol. The van der Waals surface area contributed by atoms with E-state index in [0.717, 1.165) is 6.07 Å². The van der Waals surface area contributed by atoms with Gasteiger partial charge in [-0.3, -0.25) is 0 Å². The van der Waals surface area contributed by atoms with E-state index in [1.807, 2.05) is 13.0 Å². The second kappa shape index (κ2) is 12.7. The van der Waals surface area contributed by atoms with Gasteiger partial charge in [0, 0.05) is 31.1 Å². The number of carbonyl (C=O) groups is 1. The summed E-state index contributed by atoms with van der Waals surface area (Å²) >= 11 is 0. The number of aromatic nitrogens is 2. The molecule has 2 heterocycles. The van der Waals surface area contributed by atoms with E-state index in [2.05, 4.69) is 25.9 Å². The molecule has 190 valence electrons. The Hall–Kier alpha value is -3.65. The van der Waals surface area contributed by atoms with Crippen LogP contribution in [0.2, 0.25) is 0 Å². The Morgan fingerprint density at radius 3 is 2.63 bits per heavy atom. The van der Waals surface area contributed by atoms with E-state index in [-0.39, 0.29) is 23.2 Å². The topological polar surface area (TPSA) is 130 Å². The first kappa shape index (κ1) is 27.6. The summed E-state index contributed by atoms with van der Waals surface area (Å²) in [6.45, 7) is 9.75. The van der Waals surface area contributed by atoms with Crippen LogP contribution in [0.4, 0.5) is 26.5 Å². The average Bonchev–Trinajstić information content (AvgIpc) is 2.78. The fraction of sp³-hybridized carbons (Fsp3) is 0.500. The van der Waals surface area contributed by atoms with Crippen molar-refractivity contribution in [3.05, 3.63) is 35.8 Å². The van der Waals surface area contributed by atoms with Gasteiger partial charge in [-0.25, -0.2) is 19.2 Å². The van der Waals surface area contributed by atoms with Crippen molar-refractivity contribution in [1.29, 1.82) is 5.26 Å². The smallest absolute Gasteiger partial charge is 0.407 e. The van der Waals surface area contributed by atoms with Gasteiger partial charge in [0.25, 0.3) is 0 Å². The second-order valence-electron chi connectivity index (χ2n) is 8.77. The Kier molecular flexibility index (Phi) is 10.0. The third-order valence-corrected chi connectivity index (χ3v) is 4.74. The zero-order valence-electron chi connectivity index (χ0n) is 20.9. The van der Waals surface area contributed by atoms with E-state index in [4.69, 9.17) is 14.2 Å². The Morgan fingerprint density at radius 2 is 2.00 bits per heavy atom. The molecule has 2 rings (SSSR count). The molecule has 3 N–H and O–H groups in total. The summed E-state index contributed by atoms with van der Waals surface area (Å²) in [4.78, 5) is 20.6. The number of methoxy groups -OCH3 is 1. The maximum Gasteiger partial charge on any atom is 0.407 e. The van der Waals surface area contributed by atoms with Crippen LogP contribution in [0.15, 0.2) is 24.4 Å². The van der Waals surface area contributed by atoms with Crippen LogP contribution in [-0.2, 0) is 9.47 Å². The summed E-state index contributed by atoms with van der Waals surface area (Å²) in [5.74, 6) is -0.233. The third kappa shape index (κ3) is 8.90. The molecular weight excluding hydrogens is 455 g/mol. The Bertz CT molecular complexity index is 1040. The zero-order valence-corrected chi connectivity index (χ0v) is 20.9. The van der Waals surface area contributed by atoms with Crippen LogP contribution in [0.25, 0.3) is 0 Å². The van der Waals surface area contributed by atoms with Crippen molar-refractivity contribution < 1.29 is 23.4 Å². The van der Waals surface area contributed by atoms with Crippen molar-refractivity contribution in [2.45, 2.75) is 58.7 Å². The Morgan fingerprint density at radius 1 is 1.26 bits per heavy atom. The molecule has 2 aromatic heterocycles. The van der Waals surface area contributed by atoms with Gasteiger partial charge in [-0.1, -0.05) is 6.92 Å². The van der Waals surface area contributed by atoms with Gasteiger partial charge in [-0.2, -0.15) is 5.26 Å². The molecule has 0 radical (unpaired) electrons. The van der Waals surface area contributed by atoms with E-state index in [1.165, 1.54) is 6.20 Å². The summed E-state index contributed by atoms with van der Waals surface area (Å²) in [6.07, 6.45) is 1.55. The van der Waals surface area contributed by atoms with Crippen LogP contribution in [0.3, 0.4) is 0 Å². The first-order valence-corrected chi connectivity index (χ1v) is 11.3. The monoisotopic (exact) mass is 488 g/mol. The molecule has 2 aromatic rings. The predicted octanol–water partition coefficient (Wildman–Crippen LogP) is 4.36. The minimum absolute atomic E-state index is 0.0262. The lowest BCUT2D eigenvalue weighted by atomic mass is 10.1. The number of anilines is 3. The normalized spacial score (nSPS) is 12.7. The molecule has 0 aliphatic rings. The molecule has 0 aromatic carbocycles. The largest absolute Gasteiger partial charge is 0.475 e. The van der Waals surface area contributed by atoms with Crippen LogP contribution in [0, 0.1) is 17.1 Å². The number of halogens is 1. The number of ether oxygens (including phenoxy) is 3. The number of carbonyl (C=O) groups excluding carboxylic acids is 1. The fourth-order valence-electron chi connectivity index (χ4n) is 3.06. The highest BCUT2D eigenvalue weighted by atomic mass is 19.1. The molecule has 0 bridgehead atoms. The lowest BCUT2D eigenvalue weighted by Gasteiger charge is -2.27. The molecule has 0 saturated carbocycles. The molecule has 0 fully saturated rings. The van der Waals surface area contributed by atoms with Gasteiger partial charge in [-0.05, 0) is 46.2 Å². The van der Waals surface area contributed by atoms with E-state index in [1.54, 1.807) is 46.9 Å². The lowest BCUT2D eigenvalue weighted by molar-refractivity contribution is 0.0498. The molecule has 0 saturated heterocycles. The lowest BCUT2D eigenvalue weighted by Crippen LogP contribution is -2.47. The minimum Gasteiger partial charge on any atom is -0.475 e. The van der Waals surface area contributed by atoms with Crippen molar-refractivity contribution >= 4 is 23.4 Å². The third-order valence-electron chi connectivity index (χ3n) is 4.74. The fourth-order valence-corrected chi connectivity index (χ4v) is 3.06. The number of nitriles is 1. The molecule has 0 aliphatic heterocycles. The number of pyridine rings is 2. The Balaban J connectivity index is 2.19. The van der Waals surface area contributed by atoms with Crippen molar-refractivity contribution in [1.82, 2.24) is 15.3 Å². The molecule has 0 unspecified atom stereocenters. The highest BCUT2D eigenvalue weighted by Gasteiger charge is 2.24. The number of nitrogens with zero attached hydrogens (tertiary/aromatic N) is 3. The molecule has 10 nitrogen and oxygen atoms in total. The zero-order chi connectivity index (χ0) is 26.0. The number of nitrogens with one attached hydrogen (secondary N) is 3. The van der Waals surface area contributed by atoms with Crippen molar-refractivity contribution in [2.24, 2.45) is 0 Å². The molecule has 35 heavy (non-hydrogen) atoms. The van der Waals surface area contributed by atoms with Gasteiger partial charge in [0.1, 0.15) is 18.3 Å². The van der Waals surface area contributed by atoms with Crippen molar-refractivity contribution in [2.75, 3.05) is 31.0 Å². The van der Waals surface area contributed by atoms with Gasteiger partial charge in [0.05, 0.1) is 18.2 Å². The first-order chi connectivity index (χ1) is 16.6. The van der Waals surface area contributed by atoms with Crippen LogP contribution in [0.1, 0.15) is 46.6 Å². The standard InChI is InChI=1S/C24H33FN6O4/c1-7-19(30-23(32)35-24(3,4)5)15(2)28-22-18(25)12-16(14-26)21(31-22)29-17-8-9-27-20(13-17)34-11-10-33-6/h8-9,12-13,15,19H,7,10-11H2,1-6H3,(H,30,32)(H2,27,28,29,31)/t15-,19+/m1/s1. The molecule has 2 atom stereocenters. The first-order valence-electron chi connectivity index (χ1n) is 11.3. The quantitative estimate of drug-likeness (QED) is 0.395. The molecule has 11 heteroatoms. The van der Waals surface area contributed by atoms with Gasteiger partial charge in [0.2, 0.25) is 5.88 Å². The van der Waals surface area contributed by atoms with Gasteiger partial charge in [-0.15, -0.1) is 0 Å². The molecular formula is C24H33FN6O4. The van der Waals surface area contributed by atoms with Crippen LogP contribution >= 0.6 is 0 Å². The number of amides is 1. The maximum absolute atomic E-state index is 14.7. The molecule has 0 spiro atoms. The summed E-state index contributed by atoms with van der Waals surface area (Å²) in [6, 6.07) is 5.60. The Labute approximate surface area is 205 Å². The van der Waals surface area contributed by atoms with E-state index >= 15 is 0 Å². The van der Waals surface area contributed by atoms with Crippen LogP contribution < -0.4 is 20.7 Å². The van der Waals surface area contributed by atoms with Crippen molar-refractivity contribution in [3.8, 4) is 11.9 Å². The minimum atomic E-state index is -0.690. The van der Waals surface area contributed by atoms with Crippen LogP contribution in [-0.4, -0.2) is 54.1 Å². The number of alkyl carbamates (subject to hydrolysis) is 1. The van der Waals surface area contributed by atoms with E-state index in [9.17, 15) is 14.4 Å². The van der Waals surface area contributed by atoms with Crippen LogP contribution in [0.5, 0.6) is 5.88 Å². The highest BCUT2D eigenvalue weighted by molar-refractivity contribution is 5.68. The van der Waals surface area contributed by atoms with Crippen molar-refractivity contribution in [3.63, 3.8) is 0 Å². The van der Waals surface area contributed by atoms with E-state index in [0.29, 0.717) is 31.2 Å². The predicted molar refractivity (Wildman–Crippen MR) is 130 cm³/mol. The second-order valence-corrected chi connectivity index (χ2v) is 8.77. The number of rotatable bonds is 11. The molecule has 0 aliphatic carbocycles. The van der Waals surface area contributed by atoms with Gasteiger partial charge < -0.3 is 30.2 Å². The SMILES string of the molecule is CC[C@H](NC(=O)OC(C)(C)C)[C@@H](C)Nc1nc(Nc2ccnc(OCCOC)c2)c(C#N)cc1F. The van der Waals surface area contributed by atoms with E-state index < -0.39 is 23.6 Å².